The Labute approximate surface area is 107 Å². The molecule has 6 heteroatoms. The van der Waals surface area contributed by atoms with Gasteiger partial charge in [0, 0.05) is 30.2 Å². The van der Waals surface area contributed by atoms with Gasteiger partial charge in [0.15, 0.2) is 5.43 Å². The second kappa shape index (κ2) is 4.77. The molecule has 0 radical (unpaired) electrons. The zero-order valence-electron chi connectivity index (χ0n) is 9.61. The van der Waals surface area contributed by atoms with Crippen molar-refractivity contribution in [1.29, 1.82) is 0 Å². The third-order valence-corrected chi connectivity index (χ3v) is 2.56. The van der Waals surface area contributed by atoms with Crippen molar-refractivity contribution in [2.45, 2.75) is 0 Å². The lowest BCUT2D eigenvalue weighted by atomic mass is 10.1. The molecule has 19 heavy (non-hydrogen) atoms. The molecule has 1 aromatic carbocycles. The number of rotatable bonds is 3. The standard InChI is InChI=1S/C13H9NO5/c15-9-3-5-14(6-4-9)8-1-2-10(12(16)17)11(7-8)13(18)19/h1-7H,(H,16,17)(H,18,19). The summed E-state index contributed by atoms with van der Waals surface area (Å²) in [7, 11) is 0. The van der Waals surface area contributed by atoms with Crippen molar-refractivity contribution in [3.63, 3.8) is 0 Å². The van der Waals surface area contributed by atoms with E-state index in [1.165, 1.54) is 47.3 Å². The third kappa shape index (κ3) is 2.52. The van der Waals surface area contributed by atoms with Crippen LogP contribution >= 0.6 is 0 Å². The average Bonchev–Trinajstić information content (AvgIpc) is 2.38. The fourth-order valence-electron chi connectivity index (χ4n) is 1.64. The summed E-state index contributed by atoms with van der Waals surface area (Å²) in [6.45, 7) is 0. The van der Waals surface area contributed by atoms with Crippen LogP contribution in [0.5, 0.6) is 0 Å². The smallest absolute Gasteiger partial charge is 0.336 e. The molecule has 6 nitrogen and oxygen atoms in total. The van der Waals surface area contributed by atoms with Gasteiger partial charge < -0.3 is 14.8 Å². The van der Waals surface area contributed by atoms with Gasteiger partial charge in [-0.25, -0.2) is 9.59 Å². The minimum atomic E-state index is -1.32. The molecule has 0 saturated carbocycles. The highest BCUT2D eigenvalue weighted by atomic mass is 16.4. The quantitative estimate of drug-likeness (QED) is 0.864. The second-order valence-electron chi connectivity index (χ2n) is 3.78. The van der Waals surface area contributed by atoms with Crippen molar-refractivity contribution in [3.8, 4) is 5.69 Å². The van der Waals surface area contributed by atoms with Crippen LogP contribution in [-0.4, -0.2) is 26.7 Å². The molecule has 0 bridgehead atoms. The highest BCUT2D eigenvalue weighted by Gasteiger charge is 2.16. The minimum absolute atomic E-state index is 0.170. The van der Waals surface area contributed by atoms with Crippen LogP contribution in [0.15, 0.2) is 47.5 Å². The molecular weight excluding hydrogens is 250 g/mol. The molecule has 0 aliphatic carbocycles. The van der Waals surface area contributed by atoms with Crippen molar-refractivity contribution in [1.82, 2.24) is 4.57 Å². The minimum Gasteiger partial charge on any atom is -0.478 e. The van der Waals surface area contributed by atoms with E-state index in [2.05, 4.69) is 0 Å². The summed E-state index contributed by atoms with van der Waals surface area (Å²) >= 11 is 0. The predicted octanol–water partition coefficient (Wildman–Crippen LogP) is 1.23. The number of nitrogens with zero attached hydrogens (tertiary/aromatic N) is 1. The first-order valence-electron chi connectivity index (χ1n) is 5.28. The number of benzene rings is 1. The van der Waals surface area contributed by atoms with E-state index in [1.807, 2.05) is 0 Å². The van der Waals surface area contributed by atoms with Gasteiger partial charge in [0.2, 0.25) is 0 Å². The number of pyridine rings is 1. The van der Waals surface area contributed by atoms with Crippen molar-refractivity contribution in [2.75, 3.05) is 0 Å². The molecule has 0 saturated heterocycles. The average molecular weight is 259 g/mol. The van der Waals surface area contributed by atoms with Crippen LogP contribution in [-0.2, 0) is 0 Å². The Morgan fingerprint density at radius 2 is 1.47 bits per heavy atom. The molecule has 0 aliphatic rings. The lowest BCUT2D eigenvalue weighted by Gasteiger charge is -2.08. The number of carboxylic acid groups (broad SMARTS) is 2. The Kier molecular flexibility index (Phi) is 3.15. The zero-order chi connectivity index (χ0) is 14.0. The molecule has 2 rings (SSSR count). The van der Waals surface area contributed by atoms with Crippen LogP contribution in [0.25, 0.3) is 5.69 Å². The monoisotopic (exact) mass is 259 g/mol. The number of aromatic carboxylic acids is 2. The molecular formula is C13H9NO5. The lowest BCUT2D eigenvalue weighted by molar-refractivity contribution is 0.0651. The van der Waals surface area contributed by atoms with Crippen LogP contribution in [0.1, 0.15) is 20.7 Å². The highest BCUT2D eigenvalue weighted by Crippen LogP contribution is 2.15. The predicted molar refractivity (Wildman–Crippen MR) is 66.0 cm³/mol. The van der Waals surface area contributed by atoms with Crippen molar-refractivity contribution in [2.24, 2.45) is 0 Å². The Morgan fingerprint density at radius 1 is 0.895 bits per heavy atom. The molecule has 0 aliphatic heterocycles. The van der Waals surface area contributed by atoms with E-state index in [4.69, 9.17) is 10.2 Å². The van der Waals surface area contributed by atoms with E-state index in [-0.39, 0.29) is 16.6 Å². The molecule has 0 fully saturated rings. The van der Waals surface area contributed by atoms with E-state index in [1.54, 1.807) is 0 Å². The molecule has 2 aromatic rings. The summed E-state index contributed by atoms with van der Waals surface area (Å²) in [5.41, 5.74) is -0.291. The van der Waals surface area contributed by atoms with E-state index >= 15 is 0 Å². The van der Waals surface area contributed by atoms with Gasteiger partial charge in [-0.05, 0) is 18.2 Å². The van der Waals surface area contributed by atoms with Gasteiger partial charge in [-0.2, -0.15) is 0 Å². The Hall–Kier alpha value is -2.89. The first-order valence-corrected chi connectivity index (χ1v) is 5.28. The molecule has 1 heterocycles. The van der Waals surface area contributed by atoms with E-state index in [0.29, 0.717) is 5.69 Å². The number of carboxylic acids is 2. The number of carbonyl (C=O) groups is 2. The van der Waals surface area contributed by atoms with Gasteiger partial charge in [-0.1, -0.05) is 0 Å². The van der Waals surface area contributed by atoms with Crippen molar-refractivity contribution >= 4 is 11.9 Å². The van der Waals surface area contributed by atoms with Crippen molar-refractivity contribution in [3.05, 3.63) is 64.1 Å². The number of hydrogen-bond donors (Lipinski definition) is 2. The zero-order valence-corrected chi connectivity index (χ0v) is 9.61. The summed E-state index contributed by atoms with van der Waals surface area (Å²) in [6, 6.07) is 6.59. The Balaban J connectivity index is 2.58. The van der Waals surface area contributed by atoms with E-state index in [9.17, 15) is 14.4 Å². The van der Waals surface area contributed by atoms with Gasteiger partial charge >= 0.3 is 11.9 Å². The molecule has 96 valence electrons. The van der Waals surface area contributed by atoms with Crippen LogP contribution in [0, 0.1) is 0 Å². The fourth-order valence-corrected chi connectivity index (χ4v) is 1.64. The maximum absolute atomic E-state index is 11.0. The molecule has 2 N–H and O–H groups in total. The Morgan fingerprint density at radius 3 is 2.00 bits per heavy atom. The van der Waals surface area contributed by atoms with Crippen molar-refractivity contribution < 1.29 is 19.8 Å². The summed E-state index contributed by atoms with van der Waals surface area (Å²) in [5.74, 6) is -2.62. The topological polar surface area (TPSA) is 96.6 Å². The highest BCUT2D eigenvalue weighted by molar-refractivity contribution is 6.02. The van der Waals surface area contributed by atoms with Crippen LogP contribution < -0.4 is 5.43 Å². The largest absolute Gasteiger partial charge is 0.478 e. The maximum atomic E-state index is 11.0. The summed E-state index contributed by atoms with van der Waals surface area (Å²) in [5, 5.41) is 17.9. The summed E-state index contributed by atoms with van der Waals surface area (Å²) in [4.78, 5) is 32.9. The van der Waals surface area contributed by atoms with Crippen LogP contribution in [0.2, 0.25) is 0 Å². The third-order valence-electron chi connectivity index (χ3n) is 2.56. The molecule has 0 unspecified atom stereocenters. The van der Waals surface area contributed by atoms with Gasteiger partial charge in [-0.15, -0.1) is 0 Å². The van der Waals surface area contributed by atoms with Crippen LogP contribution in [0.3, 0.4) is 0 Å². The summed E-state index contributed by atoms with van der Waals surface area (Å²) in [6.07, 6.45) is 2.95. The van der Waals surface area contributed by atoms with Crippen LogP contribution in [0.4, 0.5) is 0 Å². The maximum Gasteiger partial charge on any atom is 0.336 e. The second-order valence-corrected chi connectivity index (χ2v) is 3.78. The van der Waals surface area contributed by atoms with Gasteiger partial charge in [0.25, 0.3) is 0 Å². The number of aromatic nitrogens is 1. The van der Waals surface area contributed by atoms with Gasteiger partial charge in [0.05, 0.1) is 11.1 Å². The molecule has 0 spiro atoms. The Bertz CT molecular complexity index is 697. The lowest BCUT2D eigenvalue weighted by Crippen LogP contribution is -2.09. The van der Waals surface area contributed by atoms with E-state index in [0.717, 1.165) is 0 Å². The molecule has 0 atom stereocenters. The number of hydrogen-bond acceptors (Lipinski definition) is 3. The van der Waals surface area contributed by atoms with Gasteiger partial charge in [0.1, 0.15) is 0 Å². The summed E-state index contributed by atoms with van der Waals surface area (Å²) < 4.78 is 1.53. The fraction of sp³-hybridized carbons (Fsp3) is 0. The SMILES string of the molecule is O=C(O)c1ccc(-n2ccc(=O)cc2)cc1C(=O)O. The van der Waals surface area contributed by atoms with Gasteiger partial charge in [-0.3, -0.25) is 4.79 Å². The van der Waals surface area contributed by atoms with E-state index < -0.39 is 11.9 Å². The first kappa shape index (κ1) is 12.6. The normalized spacial score (nSPS) is 10.1. The first-order chi connectivity index (χ1) is 8.99. The molecule has 1 aromatic heterocycles. The molecule has 0 amide bonds.